The van der Waals surface area contributed by atoms with E-state index in [1.54, 1.807) is 6.92 Å². The van der Waals surface area contributed by atoms with Gasteiger partial charge in [-0.25, -0.2) is 0 Å². The van der Waals surface area contributed by atoms with Gasteiger partial charge in [0.25, 0.3) is 0 Å². The first kappa shape index (κ1) is 13.2. The number of rotatable bonds is 3. The molecule has 0 heterocycles. The van der Waals surface area contributed by atoms with Gasteiger partial charge in [-0.2, -0.15) is 13.2 Å². The summed E-state index contributed by atoms with van der Waals surface area (Å²) in [6, 6.07) is 0. The Hall–Kier alpha value is -0.780. The van der Waals surface area contributed by atoms with Crippen molar-refractivity contribution < 1.29 is 17.9 Å². The van der Waals surface area contributed by atoms with Gasteiger partial charge in [0.05, 0.1) is 0 Å². The zero-order chi connectivity index (χ0) is 11.4. The highest BCUT2D eigenvalue weighted by Crippen LogP contribution is 2.20. The molecule has 0 saturated heterocycles. The van der Waals surface area contributed by atoms with E-state index in [2.05, 4.69) is 4.99 Å². The Labute approximate surface area is 81.6 Å². The minimum Gasteiger partial charge on any atom is -0.362 e. The van der Waals surface area contributed by atoms with Crippen LogP contribution in [0.3, 0.4) is 0 Å². The highest BCUT2D eigenvalue weighted by atomic mass is 19.4. The summed E-state index contributed by atoms with van der Waals surface area (Å²) in [5, 5.41) is 0. The topological polar surface area (TPSA) is 24.8 Å². The third-order valence-electron chi connectivity index (χ3n) is 1.78. The second kappa shape index (κ2) is 5.19. The summed E-state index contributed by atoms with van der Waals surface area (Å²) in [4.78, 5) is 4.36. The molecule has 84 valence electrons. The van der Waals surface area contributed by atoms with E-state index >= 15 is 0 Å². The van der Waals surface area contributed by atoms with Crippen LogP contribution in [-0.2, 0) is 4.74 Å². The second-order valence-electron chi connectivity index (χ2n) is 2.74. The molecule has 0 aromatic heterocycles. The Morgan fingerprint density at radius 3 is 2.29 bits per heavy atom. The lowest BCUT2D eigenvalue weighted by Gasteiger charge is -2.27. The first-order valence-electron chi connectivity index (χ1n) is 4.21. The Bertz CT molecular complexity index is 203. The van der Waals surface area contributed by atoms with Crippen LogP contribution >= 0.6 is 0 Å². The first-order chi connectivity index (χ1) is 6.34. The lowest BCUT2D eigenvalue weighted by molar-refractivity contribution is -0.0792. The Balaban J connectivity index is 4.76. The number of methoxy groups -OCH3 is 1. The van der Waals surface area contributed by atoms with Crippen molar-refractivity contribution in [2.24, 2.45) is 4.99 Å². The molecule has 0 spiro atoms. The summed E-state index contributed by atoms with van der Waals surface area (Å²) in [7, 11) is 2.65. The average molecular weight is 212 g/mol. The molecular formula is C8H15F3N2O. The van der Waals surface area contributed by atoms with Crippen LogP contribution in [0, 0.1) is 0 Å². The van der Waals surface area contributed by atoms with Crippen molar-refractivity contribution in [3.8, 4) is 0 Å². The summed E-state index contributed by atoms with van der Waals surface area (Å²) in [6.45, 7) is 3.17. The largest absolute Gasteiger partial charge is 0.449 e. The van der Waals surface area contributed by atoms with Gasteiger partial charge in [0.15, 0.2) is 0 Å². The maximum atomic E-state index is 12.4. The number of nitrogens with zero attached hydrogens (tertiary/aromatic N) is 2. The van der Waals surface area contributed by atoms with Gasteiger partial charge >= 0.3 is 6.18 Å². The molecule has 0 aliphatic carbocycles. The van der Waals surface area contributed by atoms with E-state index in [9.17, 15) is 13.2 Å². The quantitative estimate of drug-likeness (QED) is 0.405. The molecule has 3 nitrogen and oxygen atoms in total. The second-order valence-corrected chi connectivity index (χ2v) is 2.74. The standard InChI is InChI=1S/C8H15F3N2O/c1-5-12-7(8(9,10)11)13(3)6(2)14-4/h6H,5H2,1-4H3. The molecule has 0 bridgehead atoms. The van der Waals surface area contributed by atoms with Gasteiger partial charge in [-0.15, -0.1) is 0 Å². The zero-order valence-electron chi connectivity index (χ0n) is 8.72. The van der Waals surface area contributed by atoms with E-state index in [1.165, 1.54) is 21.1 Å². The molecule has 0 aliphatic rings. The third kappa shape index (κ3) is 3.53. The van der Waals surface area contributed by atoms with Gasteiger partial charge in [-0.05, 0) is 13.8 Å². The van der Waals surface area contributed by atoms with E-state index in [0.717, 1.165) is 4.90 Å². The molecule has 0 N–H and O–H groups in total. The van der Waals surface area contributed by atoms with Crippen LogP contribution in [0.15, 0.2) is 4.99 Å². The maximum Gasteiger partial charge on any atom is 0.449 e. The number of amidine groups is 1. The van der Waals surface area contributed by atoms with Crippen LogP contribution < -0.4 is 0 Å². The highest BCUT2D eigenvalue weighted by molar-refractivity contribution is 5.87. The third-order valence-corrected chi connectivity index (χ3v) is 1.78. The van der Waals surface area contributed by atoms with Crippen LogP contribution in [0.1, 0.15) is 13.8 Å². The van der Waals surface area contributed by atoms with Crippen molar-refractivity contribution in [2.45, 2.75) is 26.3 Å². The SMILES string of the molecule is CCN=C(N(C)C(C)OC)C(F)(F)F. The van der Waals surface area contributed by atoms with Crippen LogP contribution in [0.4, 0.5) is 13.2 Å². The van der Waals surface area contributed by atoms with Crippen molar-refractivity contribution in [3.63, 3.8) is 0 Å². The van der Waals surface area contributed by atoms with Crippen molar-refractivity contribution in [1.29, 1.82) is 0 Å². The van der Waals surface area contributed by atoms with Gasteiger partial charge in [0, 0.05) is 20.7 Å². The minimum absolute atomic E-state index is 0.0929. The number of halogens is 3. The number of hydrogen-bond acceptors (Lipinski definition) is 2. The fourth-order valence-corrected chi connectivity index (χ4v) is 0.881. The van der Waals surface area contributed by atoms with Gasteiger partial charge in [-0.3, -0.25) is 4.99 Å². The molecule has 0 aromatic rings. The van der Waals surface area contributed by atoms with Crippen molar-refractivity contribution in [3.05, 3.63) is 0 Å². The molecule has 6 heteroatoms. The van der Waals surface area contributed by atoms with E-state index in [4.69, 9.17) is 4.74 Å². The van der Waals surface area contributed by atoms with E-state index in [-0.39, 0.29) is 6.54 Å². The molecular weight excluding hydrogens is 197 g/mol. The summed E-state index contributed by atoms with van der Waals surface area (Å²) in [5.74, 6) is -0.908. The van der Waals surface area contributed by atoms with Gasteiger partial charge < -0.3 is 9.64 Å². The predicted octanol–water partition coefficient (Wildman–Crippen LogP) is 1.89. The normalized spacial score (nSPS) is 15.5. The number of ether oxygens (including phenoxy) is 1. The highest BCUT2D eigenvalue weighted by Gasteiger charge is 2.39. The number of aliphatic imine (C=N–C) groups is 1. The van der Waals surface area contributed by atoms with Crippen LogP contribution in [0.2, 0.25) is 0 Å². The Morgan fingerprint density at radius 2 is 2.00 bits per heavy atom. The van der Waals surface area contributed by atoms with Crippen molar-refractivity contribution in [1.82, 2.24) is 4.90 Å². The summed E-state index contributed by atoms with van der Waals surface area (Å²) >= 11 is 0. The van der Waals surface area contributed by atoms with Gasteiger partial charge in [0.1, 0.15) is 6.23 Å². The summed E-state index contributed by atoms with van der Waals surface area (Å²) in [5.41, 5.74) is 0. The minimum atomic E-state index is -4.43. The zero-order valence-corrected chi connectivity index (χ0v) is 8.72. The molecule has 1 atom stereocenters. The average Bonchev–Trinajstić information content (AvgIpc) is 2.09. The Kier molecular flexibility index (Phi) is 4.90. The predicted molar refractivity (Wildman–Crippen MR) is 48.3 cm³/mol. The smallest absolute Gasteiger partial charge is 0.362 e. The molecule has 0 amide bonds. The van der Waals surface area contributed by atoms with E-state index in [0.29, 0.717) is 0 Å². The lowest BCUT2D eigenvalue weighted by Crippen LogP contribution is -2.44. The fourth-order valence-electron chi connectivity index (χ4n) is 0.881. The molecule has 0 saturated carbocycles. The van der Waals surface area contributed by atoms with E-state index < -0.39 is 18.2 Å². The molecule has 0 radical (unpaired) electrons. The summed E-state index contributed by atoms with van der Waals surface area (Å²) in [6.07, 6.45) is -5.08. The van der Waals surface area contributed by atoms with Gasteiger partial charge in [-0.1, -0.05) is 0 Å². The first-order valence-corrected chi connectivity index (χ1v) is 4.21. The monoisotopic (exact) mass is 212 g/mol. The van der Waals surface area contributed by atoms with Crippen molar-refractivity contribution in [2.75, 3.05) is 20.7 Å². The van der Waals surface area contributed by atoms with Crippen molar-refractivity contribution >= 4 is 5.84 Å². The van der Waals surface area contributed by atoms with Crippen LogP contribution in [0.25, 0.3) is 0 Å². The molecule has 0 aromatic carbocycles. The Morgan fingerprint density at radius 1 is 1.50 bits per heavy atom. The van der Waals surface area contributed by atoms with E-state index in [1.807, 2.05) is 0 Å². The lowest BCUT2D eigenvalue weighted by atomic mass is 10.4. The molecule has 0 aliphatic heterocycles. The van der Waals surface area contributed by atoms with Crippen LogP contribution in [-0.4, -0.2) is 43.8 Å². The molecule has 14 heavy (non-hydrogen) atoms. The van der Waals surface area contributed by atoms with Crippen LogP contribution in [0.5, 0.6) is 0 Å². The maximum absolute atomic E-state index is 12.4. The molecule has 0 fully saturated rings. The fraction of sp³-hybridized carbons (Fsp3) is 0.875. The number of alkyl halides is 3. The summed E-state index contributed by atoms with van der Waals surface area (Å²) < 4.78 is 42.1. The number of hydrogen-bond donors (Lipinski definition) is 0. The van der Waals surface area contributed by atoms with Gasteiger partial charge in [0.2, 0.25) is 5.84 Å². The molecule has 0 rings (SSSR count). The molecule has 1 unspecified atom stereocenters.